The second-order valence-corrected chi connectivity index (χ2v) is 4.96. The van der Waals surface area contributed by atoms with E-state index in [1.165, 1.54) is 18.2 Å². The molecule has 0 saturated carbocycles. The van der Waals surface area contributed by atoms with Gasteiger partial charge in [-0.05, 0) is 31.5 Å². The second-order valence-electron chi connectivity index (χ2n) is 4.96. The predicted octanol–water partition coefficient (Wildman–Crippen LogP) is 2.73. The highest BCUT2D eigenvalue weighted by Crippen LogP contribution is 2.12. The van der Waals surface area contributed by atoms with Gasteiger partial charge in [-0.25, -0.2) is 19.2 Å². The third kappa shape index (κ3) is 4.24. The summed E-state index contributed by atoms with van der Waals surface area (Å²) in [6, 6.07) is 7.48. The molecule has 0 aliphatic carbocycles. The minimum atomic E-state index is -1.11. The van der Waals surface area contributed by atoms with Crippen LogP contribution in [0.3, 0.4) is 0 Å². The summed E-state index contributed by atoms with van der Waals surface area (Å²) in [6.45, 7) is 3.87. The van der Waals surface area contributed by atoms with Crippen molar-refractivity contribution in [3.63, 3.8) is 0 Å². The Kier molecular flexibility index (Phi) is 4.47. The molecule has 0 saturated heterocycles. The Morgan fingerprint density at radius 3 is 2.52 bits per heavy atom. The zero-order valence-corrected chi connectivity index (χ0v) is 11.8. The Bertz CT molecular complexity index is 642. The van der Waals surface area contributed by atoms with Crippen LogP contribution in [0.5, 0.6) is 0 Å². The summed E-state index contributed by atoms with van der Waals surface area (Å²) >= 11 is 0. The van der Waals surface area contributed by atoms with Gasteiger partial charge in [0.15, 0.2) is 5.69 Å². The fourth-order valence-electron chi connectivity index (χ4n) is 1.84. The van der Waals surface area contributed by atoms with Gasteiger partial charge in [0.2, 0.25) is 0 Å². The smallest absolute Gasteiger partial charge is 0.354 e. The first-order valence-corrected chi connectivity index (χ1v) is 6.56. The average molecular weight is 289 g/mol. The van der Waals surface area contributed by atoms with Gasteiger partial charge in [0, 0.05) is 18.5 Å². The van der Waals surface area contributed by atoms with Gasteiger partial charge in [-0.2, -0.15) is 0 Å². The number of aromatic carboxylic acids is 1. The number of carboxylic acid groups (broad SMARTS) is 1. The molecule has 2 aromatic rings. The van der Waals surface area contributed by atoms with Crippen LogP contribution in [0.2, 0.25) is 0 Å². The first kappa shape index (κ1) is 14.9. The van der Waals surface area contributed by atoms with Crippen molar-refractivity contribution in [1.82, 2.24) is 9.97 Å². The molecular weight excluding hydrogens is 273 g/mol. The predicted molar refractivity (Wildman–Crippen MR) is 77.0 cm³/mol. The Balaban J connectivity index is 2.30. The topological polar surface area (TPSA) is 75.1 Å². The SMILES string of the molecule is CC(C)Nc1cc(C(=O)O)nc(Cc2ccc(F)cc2)n1. The molecule has 6 heteroatoms. The summed E-state index contributed by atoms with van der Waals surface area (Å²) in [7, 11) is 0. The van der Waals surface area contributed by atoms with E-state index in [9.17, 15) is 9.18 Å². The van der Waals surface area contributed by atoms with Crippen molar-refractivity contribution < 1.29 is 14.3 Å². The maximum absolute atomic E-state index is 12.9. The van der Waals surface area contributed by atoms with Crippen LogP contribution in [0, 0.1) is 5.82 Å². The van der Waals surface area contributed by atoms with E-state index >= 15 is 0 Å². The van der Waals surface area contributed by atoms with E-state index in [1.807, 2.05) is 13.8 Å². The zero-order chi connectivity index (χ0) is 15.4. The average Bonchev–Trinajstić information content (AvgIpc) is 2.40. The molecule has 1 aromatic carbocycles. The Morgan fingerprint density at radius 2 is 1.95 bits per heavy atom. The molecule has 1 aromatic heterocycles. The van der Waals surface area contributed by atoms with Crippen molar-refractivity contribution in [2.24, 2.45) is 0 Å². The lowest BCUT2D eigenvalue weighted by Gasteiger charge is -2.11. The van der Waals surface area contributed by atoms with Crippen molar-refractivity contribution >= 4 is 11.8 Å². The quantitative estimate of drug-likeness (QED) is 0.885. The van der Waals surface area contributed by atoms with Gasteiger partial charge in [-0.3, -0.25) is 0 Å². The number of hydrogen-bond donors (Lipinski definition) is 2. The number of hydrogen-bond acceptors (Lipinski definition) is 4. The van der Waals surface area contributed by atoms with Crippen molar-refractivity contribution in [3.05, 3.63) is 53.2 Å². The van der Waals surface area contributed by atoms with Gasteiger partial charge in [-0.1, -0.05) is 12.1 Å². The van der Waals surface area contributed by atoms with E-state index in [0.29, 0.717) is 18.1 Å². The minimum absolute atomic E-state index is 0.0646. The van der Waals surface area contributed by atoms with Crippen LogP contribution in [-0.4, -0.2) is 27.1 Å². The van der Waals surface area contributed by atoms with Crippen LogP contribution >= 0.6 is 0 Å². The molecule has 21 heavy (non-hydrogen) atoms. The van der Waals surface area contributed by atoms with Crippen molar-refractivity contribution in [2.75, 3.05) is 5.32 Å². The van der Waals surface area contributed by atoms with E-state index in [0.717, 1.165) is 5.56 Å². The van der Waals surface area contributed by atoms with Crippen LogP contribution in [0.4, 0.5) is 10.2 Å². The Labute approximate surface area is 121 Å². The van der Waals surface area contributed by atoms with Gasteiger partial charge in [0.05, 0.1) is 0 Å². The summed E-state index contributed by atoms with van der Waals surface area (Å²) in [6.07, 6.45) is 0.341. The summed E-state index contributed by atoms with van der Waals surface area (Å²) in [5, 5.41) is 12.2. The van der Waals surface area contributed by atoms with E-state index in [-0.39, 0.29) is 17.6 Å². The van der Waals surface area contributed by atoms with Crippen LogP contribution in [0.1, 0.15) is 35.7 Å². The molecule has 0 aliphatic heterocycles. The lowest BCUT2D eigenvalue weighted by Crippen LogP contribution is -2.14. The molecule has 0 bridgehead atoms. The Morgan fingerprint density at radius 1 is 1.29 bits per heavy atom. The van der Waals surface area contributed by atoms with Crippen molar-refractivity contribution in [3.8, 4) is 0 Å². The highest BCUT2D eigenvalue weighted by Gasteiger charge is 2.11. The van der Waals surface area contributed by atoms with Gasteiger partial charge in [-0.15, -0.1) is 0 Å². The first-order valence-electron chi connectivity index (χ1n) is 6.56. The lowest BCUT2D eigenvalue weighted by molar-refractivity contribution is 0.0690. The molecule has 0 amide bonds. The number of nitrogens with zero attached hydrogens (tertiary/aromatic N) is 2. The number of carboxylic acids is 1. The van der Waals surface area contributed by atoms with E-state index in [1.54, 1.807) is 12.1 Å². The van der Waals surface area contributed by atoms with Crippen molar-refractivity contribution in [2.45, 2.75) is 26.3 Å². The number of anilines is 1. The summed E-state index contributed by atoms with van der Waals surface area (Å²) in [5.41, 5.74) is 0.750. The molecule has 2 N–H and O–H groups in total. The monoisotopic (exact) mass is 289 g/mol. The second kappa shape index (κ2) is 6.30. The molecule has 0 atom stereocenters. The number of halogens is 1. The molecule has 2 rings (SSSR count). The fourth-order valence-corrected chi connectivity index (χ4v) is 1.84. The number of rotatable bonds is 5. The molecule has 0 aliphatic rings. The molecule has 0 unspecified atom stereocenters. The van der Waals surface area contributed by atoms with Gasteiger partial charge < -0.3 is 10.4 Å². The van der Waals surface area contributed by atoms with Gasteiger partial charge in [0.25, 0.3) is 0 Å². The van der Waals surface area contributed by atoms with Crippen LogP contribution in [-0.2, 0) is 6.42 Å². The maximum atomic E-state index is 12.9. The third-order valence-corrected chi connectivity index (χ3v) is 2.70. The van der Waals surface area contributed by atoms with E-state index in [2.05, 4.69) is 15.3 Å². The zero-order valence-electron chi connectivity index (χ0n) is 11.8. The largest absolute Gasteiger partial charge is 0.477 e. The molecule has 0 radical (unpaired) electrons. The number of carbonyl (C=O) groups is 1. The summed E-state index contributed by atoms with van der Waals surface area (Å²) < 4.78 is 12.9. The molecule has 0 fully saturated rings. The number of aromatic nitrogens is 2. The minimum Gasteiger partial charge on any atom is -0.477 e. The number of benzene rings is 1. The molecule has 1 heterocycles. The van der Waals surface area contributed by atoms with Crippen LogP contribution in [0.15, 0.2) is 30.3 Å². The van der Waals surface area contributed by atoms with E-state index < -0.39 is 5.97 Å². The van der Waals surface area contributed by atoms with Crippen molar-refractivity contribution in [1.29, 1.82) is 0 Å². The summed E-state index contributed by atoms with van der Waals surface area (Å²) in [4.78, 5) is 19.4. The normalized spacial score (nSPS) is 10.7. The first-order chi connectivity index (χ1) is 9.94. The Hall–Kier alpha value is -2.50. The maximum Gasteiger partial charge on any atom is 0.354 e. The fraction of sp³-hybridized carbons (Fsp3) is 0.267. The summed E-state index contributed by atoms with van der Waals surface area (Å²) in [5.74, 6) is -0.579. The van der Waals surface area contributed by atoms with Crippen LogP contribution < -0.4 is 5.32 Å². The lowest BCUT2D eigenvalue weighted by atomic mass is 10.1. The molecule has 110 valence electrons. The third-order valence-electron chi connectivity index (χ3n) is 2.70. The molecular formula is C15H16FN3O2. The highest BCUT2D eigenvalue weighted by molar-refractivity contribution is 5.86. The molecule has 5 nitrogen and oxygen atoms in total. The highest BCUT2D eigenvalue weighted by atomic mass is 19.1. The van der Waals surface area contributed by atoms with E-state index in [4.69, 9.17) is 5.11 Å². The van der Waals surface area contributed by atoms with Gasteiger partial charge in [0.1, 0.15) is 17.5 Å². The van der Waals surface area contributed by atoms with Gasteiger partial charge >= 0.3 is 5.97 Å². The number of nitrogens with one attached hydrogen (secondary N) is 1. The molecule has 0 spiro atoms. The van der Waals surface area contributed by atoms with Crippen LogP contribution in [0.25, 0.3) is 0 Å². The standard InChI is InChI=1S/C15H16FN3O2/c1-9(2)17-14-8-12(15(20)21)18-13(19-14)7-10-3-5-11(16)6-4-10/h3-6,8-9H,7H2,1-2H3,(H,20,21)(H,17,18,19).